The number of rotatable bonds is 5. The number of hydrogen-bond donors (Lipinski definition) is 1. The van der Waals surface area contributed by atoms with Crippen molar-refractivity contribution in [2.24, 2.45) is 0 Å². The Balaban J connectivity index is 2.20. The molecule has 4 rings (SSSR count). The van der Waals surface area contributed by atoms with E-state index in [4.69, 9.17) is 18.9 Å². The first-order valence-electron chi connectivity index (χ1n) is 8.83. The maximum atomic E-state index is 12.6. The Morgan fingerprint density at radius 3 is 2.46 bits per heavy atom. The molecule has 0 aliphatic rings. The van der Waals surface area contributed by atoms with Gasteiger partial charge in [-0.1, -0.05) is 0 Å². The van der Waals surface area contributed by atoms with E-state index in [1.165, 1.54) is 0 Å². The van der Waals surface area contributed by atoms with Crippen LogP contribution in [0.5, 0.6) is 17.2 Å². The third kappa shape index (κ3) is 2.67. The van der Waals surface area contributed by atoms with Crippen molar-refractivity contribution in [3.8, 4) is 17.2 Å². The fraction of sp³-hybridized carbons (Fsp3) is 0.238. The molecule has 4 aromatic rings. The van der Waals surface area contributed by atoms with Gasteiger partial charge in [0.1, 0.15) is 17.2 Å². The summed E-state index contributed by atoms with van der Waals surface area (Å²) in [6.07, 6.45) is 0. The molecule has 2 heterocycles. The van der Waals surface area contributed by atoms with E-state index in [1.807, 2.05) is 24.3 Å². The third-order valence-electron chi connectivity index (χ3n) is 4.70. The third-order valence-corrected chi connectivity index (χ3v) is 4.70. The van der Waals surface area contributed by atoms with Gasteiger partial charge in [0, 0.05) is 29.0 Å². The fourth-order valence-corrected chi connectivity index (χ4v) is 3.46. The smallest absolute Gasteiger partial charge is 0.359 e. The number of aromatic amines is 1. The quantitative estimate of drug-likeness (QED) is 0.526. The molecule has 2 aromatic heterocycles. The van der Waals surface area contributed by atoms with E-state index in [-0.39, 0.29) is 12.3 Å². The van der Waals surface area contributed by atoms with Crippen molar-refractivity contribution in [3.63, 3.8) is 0 Å². The van der Waals surface area contributed by atoms with E-state index < -0.39 is 5.97 Å². The summed E-state index contributed by atoms with van der Waals surface area (Å²) in [6, 6.07) is 9.27. The van der Waals surface area contributed by atoms with Gasteiger partial charge in [-0.2, -0.15) is 0 Å². The minimum absolute atomic E-state index is 0.217. The van der Waals surface area contributed by atoms with Crippen molar-refractivity contribution in [3.05, 3.63) is 36.0 Å². The molecular formula is C21H20N2O5. The number of benzene rings is 2. The lowest BCUT2D eigenvalue weighted by Crippen LogP contribution is -2.08. The average molecular weight is 380 g/mol. The second kappa shape index (κ2) is 6.92. The highest BCUT2D eigenvalue weighted by Crippen LogP contribution is 2.41. The van der Waals surface area contributed by atoms with Gasteiger partial charge in [0.25, 0.3) is 0 Å². The molecule has 144 valence electrons. The molecule has 7 heteroatoms. The Morgan fingerprint density at radius 2 is 1.79 bits per heavy atom. The molecule has 0 atom stereocenters. The van der Waals surface area contributed by atoms with Crippen molar-refractivity contribution in [2.75, 3.05) is 27.9 Å². The summed E-state index contributed by atoms with van der Waals surface area (Å²) in [6.45, 7) is 2.02. The largest absolute Gasteiger partial charge is 0.497 e. The van der Waals surface area contributed by atoms with Crippen LogP contribution in [0.15, 0.2) is 30.3 Å². The van der Waals surface area contributed by atoms with E-state index in [2.05, 4.69) is 9.97 Å². The highest BCUT2D eigenvalue weighted by atomic mass is 16.5. The Kier molecular flexibility index (Phi) is 4.43. The average Bonchev–Trinajstić information content (AvgIpc) is 3.11. The Bertz CT molecular complexity index is 1210. The number of H-pyrrole nitrogens is 1. The van der Waals surface area contributed by atoms with Gasteiger partial charge in [-0.05, 0) is 19.1 Å². The summed E-state index contributed by atoms with van der Waals surface area (Å²) in [7, 11) is 4.79. The molecule has 7 nitrogen and oxygen atoms in total. The van der Waals surface area contributed by atoms with Crippen LogP contribution in [0, 0.1) is 0 Å². The number of ether oxygens (including phenoxy) is 4. The van der Waals surface area contributed by atoms with Crippen LogP contribution in [-0.2, 0) is 4.74 Å². The second-order valence-corrected chi connectivity index (χ2v) is 6.19. The van der Waals surface area contributed by atoms with E-state index in [0.717, 1.165) is 21.7 Å². The van der Waals surface area contributed by atoms with E-state index >= 15 is 0 Å². The molecule has 0 amide bonds. The van der Waals surface area contributed by atoms with Gasteiger partial charge in [0.05, 0.1) is 49.9 Å². The Morgan fingerprint density at radius 1 is 1.00 bits per heavy atom. The first kappa shape index (κ1) is 17.9. The number of fused-ring (bicyclic) bond motifs is 5. The summed E-state index contributed by atoms with van der Waals surface area (Å²) < 4.78 is 21.5. The van der Waals surface area contributed by atoms with Crippen molar-refractivity contribution >= 4 is 38.7 Å². The van der Waals surface area contributed by atoms with Gasteiger partial charge in [-0.3, -0.25) is 0 Å². The van der Waals surface area contributed by atoms with Gasteiger partial charge in [-0.15, -0.1) is 0 Å². The van der Waals surface area contributed by atoms with E-state index in [0.29, 0.717) is 28.3 Å². The van der Waals surface area contributed by atoms with Crippen LogP contribution in [0.1, 0.15) is 17.4 Å². The molecular weight excluding hydrogens is 360 g/mol. The molecule has 0 bridgehead atoms. The SMILES string of the molecule is CCOC(=O)c1nc2cc(OC)ccc2c2c1[nH]c1cc(OC)cc(OC)c12. The van der Waals surface area contributed by atoms with Gasteiger partial charge < -0.3 is 23.9 Å². The van der Waals surface area contributed by atoms with Gasteiger partial charge in [-0.25, -0.2) is 9.78 Å². The normalized spacial score (nSPS) is 11.1. The lowest BCUT2D eigenvalue weighted by atomic mass is 10.0. The number of nitrogens with zero attached hydrogens (tertiary/aromatic N) is 1. The van der Waals surface area contributed by atoms with Gasteiger partial charge in [0.2, 0.25) is 0 Å². The molecule has 0 radical (unpaired) electrons. The second-order valence-electron chi connectivity index (χ2n) is 6.19. The molecule has 1 N–H and O–H groups in total. The van der Waals surface area contributed by atoms with Crippen LogP contribution in [0.3, 0.4) is 0 Å². The zero-order valence-corrected chi connectivity index (χ0v) is 16.1. The van der Waals surface area contributed by atoms with Crippen LogP contribution in [0.4, 0.5) is 0 Å². The number of hydrogen-bond acceptors (Lipinski definition) is 6. The molecule has 28 heavy (non-hydrogen) atoms. The number of nitrogens with one attached hydrogen (secondary N) is 1. The maximum Gasteiger partial charge on any atom is 0.359 e. The predicted molar refractivity (Wildman–Crippen MR) is 107 cm³/mol. The number of carbonyl (C=O) groups is 1. The topological polar surface area (TPSA) is 82.7 Å². The summed E-state index contributed by atoms with van der Waals surface area (Å²) in [5.41, 5.74) is 2.23. The van der Waals surface area contributed by atoms with Gasteiger partial charge >= 0.3 is 5.97 Å². The fourth-order valence-electron chi connectivity index (χ4n) is 3.46. The number of esters is 1. The first-order valence-corrected chi connectivity index (χ1v) is 8.83. The Labute approximate surface area is 161 Å². The van der Waals surface area contributed by atoms with Crippen LogP contribution in [-0.4, -0.2) is 43.9 Å². The number of pyridine rings is 1. The number of carbonyl (C=O) groups excluding carboxylic acids is 1. The molecule has 0 aliphatic heterocycles. The standard InChI is InChI=1S/C21H20N2O5/c1-5-28-21(24)20-19-17(13-7-6-11(25-2)8-14(13)22-20)18-15(23-19)9-12(26-3)10-16(18)27-4/h6-10,23H,5H2,1-4H3. The van der Waals surface area contributed by atoms with Crippen molar-refractivity contribution in [1.82, 2.24) is 9.97 Å². The molecule has 0 saturated carbocycles. The molecule has 0 aliphatic carbocycles. The zero-order valence-electron chi connectivity index (χ0n) is 16.1. The number of aromatic nitrogens is 2. The van der Waals surface area contributed by atoms with Crippen molar-refractivity contribution in [1.29, 1.82) is 0 Å². The lowest BCUT2D eigenvalue weighted by molar-refractivity contribution is 0.0522. The molecule has 0 spiro atoms. The van der Waals surface area contributed by atoms with Crippen LogP contribution in [0.25, 0.3) is 32.7 Å². The van der Waals surface area contributed by atoms with Crippen LogP contribution in [0.2, 0.25) is 0 Å². The first-order chi connectivity index (χ1) is 13.6. The van der Waals surface area contributed by atoms with E-state index in [1.54, 1.807) is 34.3 Å². The highest BCUT2D eigenvalue weighted by Gasteiger charge is 2.22. The summed E-state index contributed by atoms with van der Waals surface area (Å²) in [5.74, 6) is 1.45. The number of methoxy groups -OCH3 is 3. The molecule has 0 fully saturated rings. The monoisotopic (exact) mass is 380 g/mol. The van der Waals surface area contributed by atoms with Crippen molar-refractivity contribution < 1.29 is 23.7 Å². The molecule has 0 unspecified atom stereocenters. The maximum absolute atomic E-state index is 12.6. The van der Waals surface area contributed by atoms with Gasteiger partial charge in [0.15, 0.2) is 5.69 Å². The van der Waals surface area contributed by atoms with Crippen molar-refractivity contribution in [2.45, 2.75) is 6.92 Å². The summed E-state index contributed by atoms with van der Waals surface area (Å²) >= 11 is 0. The molecule has 0 saturated heterocycles. The van der Waals surface area contributed by atoms with Crippen LogP contribution >= 0.6 is 0 Å². The van der Waals surface area contributed by atoms with E-state index in [9.17, 15) is 4.79 Å². The summed E-state index contributed by atoms with van der Waals surface area (Å²) in [5, 5.41) is 2.56. The predicted octanol–water partition coefficient (Wildman–Crippen LogP) is 4.07. The summed E-state index contributed by atoms with van der Waals surface area (Å²) in [4.78, 5) is 20.5. The minimum Gasteiger partial charge on any atom is -0.497 e. The zero-order chi connectivity index (χ0) is 19.8. The minimum atomic E-state index is -0.491. The lowest BCUT2D eigenvalue weighted by Gasteiger charge is -2.09. The highest BCUT2D eigenvalue weighted by molar-refractivity contribution is 6.24. The van der Waals surface area contributed by atoms with Crippen LogP contribution < -0.4 is 14.2 Å². The Hall–Kier alpha value is -3.48. The molecule has 2 aromatic carbocycles.